The van der Waals surface area contributed by atoms with Gasteiger partial charge in [0, 0.05) is 22.1 Å². The second-order valence-electron chi connectivity index (χ2n) is 6.34. The molecule has 0 aliphatic rings. The van der Waals surface area contributed by atoms with Crippen LogP contribution in [0.3, 0.4) is 0 Å². The summed E-state index contributed by atoms with van der Waals surface area (Å²) in [6, 6.07) is 14.8. The van der Waals surface area contributed by atoms with Crippen LogP contribution < -0.4 is 5.32 Å². The molecule has 4 rings (SSSR count). The monoisotopic (exact) mass is 424 g/mol. The van der Waals surface area contributed by atoms with Crippen LogP contribution in [0.1, 0.15) is 28.5 Å². The van der Waals surface area contributed by atoms with Crippen LogP contribution in [0.4, 0.5) is 5.13 Å². The van der Waals surface area contributed by atoms with Crippen LogP contribution in [-0.2, 0) is 6.42 Å². The molecule has 2 aromatic carbocycles. The maximum atomic E-state index is 12.3. The molecule has 2 aromatic heterocycles. The Morgan fingerprint density at radius 3 is 2.76 bits per heavy atom. The van der Waals surface area contributed by atoms with Crippen molar-refractivity contribution in [2.45, 2.75) is 20.3 Å². The summed E-state index contributed by atoms with van der Waals surface area (Å²) in [6.45, 7) is 4.03. The second-order valence-corrected chi connectivity index (χ2v) is 7.53. The molecule has 0 unspecified atom stereocenters. The van der Waals surface area contributed by atoms with Gasteiger partial charge in [0.05, 0.1) is 11.4 Å². The number of aryl methyl sites for hydroxylation is 1. The number of anilines is 1. The van der Waals surface area contributed by atoms with Gasteiger partial charge < -0.3 is 0 Å². The molecule has 4 aromatic rings. The second kappa shape index (κ2) is 8.10. The molecule has 0 aliphatic heterocycles. The highest BCUT2D eigenvalue weighted by Gasteiger charge is 2.18. The lowest BCUT2D eigenvalue weighted by Crippen LogP contribution is -2.11. The summed E-state index contributed by atoms with van der Waals surface area (Å²) < 4.78 is 6.09. The Morgan fingerprint density at radius 1 is 1.21 bits per heavy atom. The van der Waals surface area contributed by atoms with E-state index in [0.717, 1.165) is 29.3 Å². The lowest BCUT2D eigenvalue weighted by atomic mass is 10.1. The van der Waals surface area contributed by atoms with Gasteiger partial charge in [-0.25, -0.2) is 4.68 Å². The average molecular weight is 425 g/mol. The van der Waals surface area contributed by atoms with E-state index < -0.39 is 0 Å². The molecule has 0 aliphatic carbocycles. The van der Waals surface area contributed by atoms with E-state index in [1.165, 1.54) is 5.56 Å². The number of nitrogens with zero attached hydrogens (tertiary/aromatic N) is 5. The van der Waals surface area contributed by atoms with E-state index in [0.29, 0.717) is 27.2 Å². The van der Waals surface area contributed by atoms with Crippen molar-refractivity contribution in [2.75, 3.05) is 5.32 Å². The van der Waals surface area contributed by atoms with Crippen LogP contribution in [0.5, 0.6) is 0 Å². The number of aromatic nitrogens is 5. The minimum Gasteiger partial charge on any atom is -0.297 e. The van der Waals surface area contributed by atoms with Gasteiger partial charge in [-0.2, -0.15) is 9.36 Å². The highest BCUT2D eigenvalue weighted by molar-refractivity contribution is 7.10. The smallest absolute Gasteiger partial charge is 0.257 e. The summed E-state index contributed by atoms with van der Waals surface area (Å²) in [5.41, 5.74) is 4.05. The normalized spacial score (nSPS) is 10.9. The molecule has 0 fully saturated rings. The number of carbonyl (C=O) groups is 1. The van der Waals surface area contributed by atoms with Crippen molar-refractivity contribution in [2.24, 2.45) is 0 Å². The molecule has 0 bridgehead atoms. The van der Waals surface area contributed by atoms with Crippen LogP contribution in [0, 0.1) is 6.92 Å². The van der Waals surface area contributed by atoms with Gasteiger partial charge in [0.1, 0.15) is 0 Å². The van der Waals surface area contributed by atoms with Gasteiger partial charge >= 0.3 is 0 Å². The third kappa shape index (κ3) is 4.03. The van der Waals surface area contributed by atoms with Crippen LogP contribution in [-0.4, -0.2) is 30.3 Å². The van der Waals surface area contributed by atoms with Gasteiger partial charge in [-0.05, 0) is 55.3 Å². The Balaban J connectivity index is 1.56. The quantitative estimate of drug-likeness (QED) is 0.507. The summed E-state index contributed by atoms with van der Waals surface area (Å²) in [5, 5.41) is 12.2. The highest BCUT2D eigenvalue weighted by Crippen LogP contribution is 2.24. The number of rotatable bonds is 5. The van der Waals surface area contributed by atoms with E-state index in [1.807, 2.05) is 19.1 Å². The summed E-state index contributed by atoms with van der Waals surface area (Å²) in [6.07, 6.45) is 0.943. The van der Waals surface area contributed by atoms with Crippen LogP contribution in [0.25, 0.3) is 17.2 Å². The van der Waals surface area contributed by atoms with Gasteiger partial charge in [-0.1, -0.05) is 35.9 Å². The zero-order valence-electron chi connectivity index (χ0n) is 15.8. The molecule has 29 heavy (non-hydrogen) atoms. The zero-order chi connectivity index (χ0) is 20.4. The van der Waals surface area contributed by atoms with Crippen molar-refractivity contribution in [3.63, 3.8) is 0 Å². The fourth-order valence-electron chi connectivity index (χ4n) is 2.83. The fraction of sp³-hybridized carbons (Fsp3) is 0.150. The minimum atomic E-state index is -0.277. The average Bonchev–Trinajstić information content (AvgIpc) is 3.34. The van der Waals surface area contributed by atoms with Crippen molar-refractivity contribution >= 4 is 34.2 Å². The largest absolute Gasteiger partial charge is 0.297 e. The predicted molar refractivity (Wildman–Crippen MR) is 114 cm³/mol. The molecular formula is C20H17ClN6OS. The van der Waals surface area contributed by atoms with Gasteiger partial charge in [0.25, 0.3) is 5.91 Å². The van der Waals surface area contributed by atoms with Crippen LogP contribution in [0.15, 0.2) is 48.5 Å². The van der Waals surface area contributed by atoms with Gasteiger partial charge in [-0.15, -0.1) is 5.10 Å². The maximum absolute atomic E-state index is 12.3. The number of hydrogen-bond donors (Lipinski definition) is 1. The summed E-state index contributed by atoms with van der Waals surface area (Å²) >= 11 is 6.95. The molecule has 7 nitrogen and oxygen atoms in total. The number of amides is 1. The van der Waals surface area contributed by atoms with Crippen molar-refractivity contribution in [3.05, 3.63) is 70.4 Å². The molecule has 0 spiro atoms. The first-order valence-electron chi connectivity index (χ1n) is 8.97. The molecular weight excluding hydrogens is 408 g/mol. The van der Waals surface area contributed by atoms with E-state index in [9.17, 15) is 4.79 Å². The molecule has 0 radical (unpaired) electrons. The van der Waals surface area contributed by atoms with Crippen molar-refractivity contribution in [1.82, 2.24) is 24.4 Å². The Hall–Kier alpha value is -3.10. The third-order valence-corrected chi connectivity index (χ3v) is 5.31. The lowest BCUT2D eigenvalue weighted by Gasteiger charge is -2.05. The molecule has 0 atom stereocenters. The van der Waals surface area contributed by atoms with Crippen LogP contribution >= 0.6 is 23.1 Å². The number of benzene rings is 2. The lowest BCUT2D eigenvalue weighted by molar-refractivity contribution is 0.102. The van der Waals surface area contributed by atoms with Crippen LogP contribution in [0.2, 0.25) is 5.02 Å². The SMILES string of the molecule is CCc1cccc(-n2nnc(-c3nsc(NC(=O)c4ccc(Cl)cc4)n3)c2C)c1. The number of halogens is 1. The Labute approximate surface area is 176 Å². The maximum Gasteiger partial charge on any atom is 0.257 e. The Bertz CT molecular complexity index is 1170. The molecule has 0 saturated heterocycles. The highest BCUT2D eigenvalue weighted by atomic mass is 35.5. The molecule has 2 heterocycles. The molecule has 0 saturated carbocycles. The standard InChI is InChI=1S/C20H17ClN6OS/c1-3-13-5-4-6-16(11-13)27-12(2)17(24-26-27)18-22-20(29-25-18)23-19(28)14-7-9-15(21)10-8-14/h4-11H,3H2,1-2H3,(H,22,23,25,28). The zero-order valence-corrected chi connectivity index (χ0v) is 17.3. The number of carbonyl (C=O) groups excluding carboxylic acids is 1. The Kier molecular flexibility index (Phi) is 5.37. The first-order chi connectivity index (χ1) is 14.0. The fourth-order valence-corrected chi connectivity index (χ4v) is 3.52. The minimum absolute atomic E-state index is 0.277. The Morgan fingerprint density at radius 2 is 2.00 bits per heavy atom. The summed E-state index contributed by atoms with van der Waals surface area (Å²) in [5.74, 6) is 0.151. The molecule has 1 N–H and O–H groups in total. The molecule has 146 valence electrons. The van der Waals surface area contributed by atoms with Crippen molar-refractivity contribution in [1.29, 1.82) is 0 Å². The van der Waals surface area contributed by atoms with Gasteiger partial charge in [0.15, 0.2) is 11.5 Å². The van der Waals surface area contributed by atoms with Gasteiger partial charge in [0.2, 0.25) is 5.13 Å². The summed E-state index contributed by atoms with van der Waals surface area (Å²) in [4.78, 5) is 16.7. The first-order valence-corrected chi connectivity index (χ1v) is 10.1. The predicted octanol–water partition coefficient (Wildman–Crippen LogP) is 4.56. The number of nitrogens with one attached hydrogen (secondary N) is 1. The van der Waals surface area contributed by atoms with E-state index in [1.54, 1.807) is 28.9 Å². The van der Waals surface area contributed by atoms with E-state index in [4.69, 9.17) is 11.6 Å². The molecule has 9 heteroatoms. The van der Waals surface area contributed by atoms with Crippen molar-refractivity contribution < 1.29 is 4.79 Å². The summed E-state index contributed by atoms with van der Waals surface area (Å²) in [7, 11) is 0. The topological polar surface area (TPSA) is 85.6 Å². The first kappa shape index (κ1) is 19.2. The van der Waals surface area contributed by atoms with E-state index >= 15 is 0 Å². The van der Waals surface area contributed by atoms with Gasteiger partial charge in [-0.3, -0.25) is 10.1 Å². The number of hydrogen-bond acceptors (Lipinski definition) is 6. The van der Waals surface area contributed by atoms with E-state index in [-0.39, 0.29) is 5.91 Å². The third-order valence-electron chi connectivity index (χ3n) is 4.42. The van der Waals surface area contributed by atoms with E-state index in [2.05, 4.69) is 44.0 Å². The van der Waals surface area contributed by atoms with Crippen molar-refractivity contribution in [3.8, 4) is 17.2 Å². The molecule has 1 amide bonds.